The maximum Gasteiger partial charge on any atom is 0.0210 e. The molecule has 2 rings (SSSR count). The predicted molar refractivity (Wildman–Crippen MR) is 74.2 cm³/mol. The van der Waals surface area contributed by atoms with Crippen LogP contribution in [0.5, 0.6) is 0 Å². The number of hydrogen-bond donors (Lipinski definition) is 1. The Morgan fingerprint density at radius 1 is 1.06 bits per heavy atom. The van der Waals surface area contributed by atoms with Crippen LogP contribution in [0.25, 0.3) is 0 Å². The topological polar surface area (TPSA) is 12.0 Å². The Labute approximate surface area is 106 Å². The van der Waals surface area contributed by atoms with E-state index in [1.54, 1.807) is 0 Å². The Bertz CT molecular complexity index is 330. The molecule has 17 heavy (non-hydrogen) atoms. The van der Waals surface area contributed by atoms with E-state index in [4.69, 9.17) is 0 Å². The van der Waals surface area contributed by atoms with E-state index in [1.165, 1.54) is 55.3 Å². The normalized spacial score (nSPS) is 17.3. The molecule has 1 heteroatoms. The fourth-order valence-electron chi connectivity index (χ4n) is 2.92. The Hall–Kier alpha value is -0.820. The molecule has 0 aliphatic heterocycles. The van der Waals surface area contributed by atoms with Crippen molar-refractivity contribution in [3.05, 3.63) is 34.9 Å². The molecular formula is C16H25N. The smallest absolute Gasteiger partial charge is 0.0210 e. The van der Waals surface area contributed by atoms with Gasteiger partial charge in [0, 0.05) is 6.54 Å². The summed E-state index contributed by atoms with van der Waals surface area (Å²) in [6.07, 6.45) is 7.19. The summed E-state index contributed by atoms with van der Waals surface area (Å²) >= 11 is 0. The van der Waals surface area contributed by atoms with Crippen LogP contribution in [0.15, 0.2) is 18.2 Å². The molecule has 0 spiro atoms. The first-order valence-corrected chi connectivity index (χ1v) is 7.03. The summed E-state index contributed by atoms with van der Waals surface area (Å²) in [5, 5.41) is 3.65. The van der Waals surface area contributed by atoms with E-state index in [0.29, 0.717) is 0 Å². The van der Waals surface area contributed by atoms with Crippen LogP contribution >= 0.6 is 0 Å². The minimum Gasteiger partial charge on any atom is -0.312 e. The minimum absolute atomic E-state index is 0.924. The highest BCUT2D eigenvalue weighted by atomic mass is 14.9. The van der Waals surface area contributed by atoms with Crippen molar-refractivity contribution in [3.63, 3.8) is 0 Å². The van der Waals surface area contributed by atoms with Crippen LogP contribution in [0.2, 0.25) is 0 Å². The summed E-state index contributed by atoms with van der Waals surface area (Å²) in [6.45, 7) is 6.66. The molecule has 0 unspecified atom stereocenters. The van der Waals surface area contributed by atoms with Gasteiger partial charge in [-0.05, 0) is 55.8 Å². The number of rotatable bonds is 4. The highest BCUT2D eigenvalue weighted by molar-refractivity contribution is 5.33. The van der Waals surface area contributed by atoms with Gasteiger partial charge < -0.3 is 5.32 Å². The van der Waals surface area contributed by atoms with Crippen molar-refractivity contribution >= 4 is 0 Å². The predicted octanol–water partition coefficient (Wildman–Crippen LogP) is 3.97. The molecule has 0 heterocycles. The quantitative estimate of drug-likeness (QED) is 0.826. The van der Waals surface area contributed by atoms with E-state index in [0.717, 1.165) is 12.5 Å². The largest absolute Gasteiger partial charge is 0.312 e. The zero-order valence-corrected chi connectivity index (χ0v) is 11.3. The van der Waals surface area contributed by atoms with E-state index in [1.807, 2.05) is 0 Å². The monoisotopic (exact) mass is 231 g/mol. The highest BCUT2D eigenvalue weighted by Crippen LogP contribution is 2.23. The van der Waals surface area contributed by atoms with Crippen molar-refractivity contribution < 1.29 is 0 Å². The summed E-state index contributed by atoms with van der Waals surface area (Å²) < 4.78 is 0. The van der Waals surface area contributed by atoms with E-state index >= 15 is 0 Å². The van der Waals surface area contributed by atoms with Gasteiger partial charge >= 0.3 is 0 Å². The van der Waals surface area contributed by atoms with Crippen LogP contribution in [-0.4, -0.2) is 6.54 Å². The van der Waals surface area contributed by atoms with Crippen LogP contribution in [0, 0.1) is 19.8 Å². The van der Waals surface area contributed by atoms with Gasteiger partial charge in [-0.25, -0.2) is 0 Å². The van der Waals surface area contributed by atoms with Gasteiger partial charge in [0.25, 0.3) is 0 Å². The lowest BCUT2D eigenvalue weighted by atomic mass is 9.89. The third-order valence-corrected chi connectivity index (χ3v) is 4.10. The minimum atomic E-state index is 0.924. The fourth-order valence-corrected chi connectivity index (χ4v) is 2.92. The molecule has 1 fully saturated rings. The van der Waals surface area contributed by atoms with Crippen molar-refractivity contribution in [1.29, 1.82) is 0 Å². The average Bonchev–Trinajstić information content (AvgIpc) is 2.34. The van der Waals surface area contributed by atoms with Crippen LogP contribution < -0.4 is 5.32 Å². The van der Waals surface area contributed by atoms with Gasteiger partial charge in [-0.15, -0.1) is 0 Å². The van der Waals surface area contributed by atoms with Gasteiger partial charge in [0.15, 0.2) is 0 Å². The lowest BCUT2D eigenvalue weighted by molar-refractivity contribution is 0.342. The molecule has 1 aliphatic carbocycles. The second-order valence-electron chi connectivity index (χ2n) is 5.51. The summed E-state index contributed by atoms with van der Waals surface area (Å²) in [5.41, 5.74) is 4.32. The molecule has 0 saturated heterocycles. The van der Waals surface area contributed by atoms with Crippen LogP contribution in [0.3, 0.4) is 0 Å². The van der Waals surface area contributed by atoms with Crippen molar-refractivity contribution in [1.82, 2.24) is 5.32 Å². The fraction of sp³-hybridized carbons (Fsp3) is 0.625. The molecular weight excluding hydrogens is 206 g/mol. The van der Waals surface area contributed by atoms with Gasteiger partial charge in [-0.1, -0.05) is 37.5 Å². The Morgan fingerprint density at radius 2 is 1.71 bits per heavy atom. The van der Waals surface area contributed by atoms with Gasteiger partial charge in [0.2, 0.25) is 0 Å². The van der Waals surface area contributed by atoms with Gasteiger partial charge in [-0.2, -0.15) is 0 Å². The van der Waals surface area contributed by atoms with Gasteiger partial charge in [-0.3, -0.25) is 0 Å². The first-order chi connectivity index (χ1) is 8.27. The van der Waals surface area contributed by atoms with E-state index in [9.17, 15) is 0 Å². The summed E-state index contributed by atoms with van der Waals surface area (Å²) in [6, 6.07) is 6.57. The molecule has 1 aromatic carbocycles. The molecule has 1 saturated carbocycles. The first kappa shape index (κ1) is 12.6. The van der Waals surface area contributed by atoms with E-state index in [-0.39, 0.29) is 0 Å². The van der Waals surface area contributed by atoms with Crippen LogP contribution in [-0.2, 0) is 6.54 Å². The highest BCUT2D eigenvalue weighted by Gasteiger charge is 2.12. The zero-order valence-electron chi connectivity index (χ0n) is 11.3. The zero-order chi connectivity index (χ0) is 12.1. The van der Waals surface area contributed by atoms with Crippen molar-refractivity contribution in [3.8, 4) is 0 Å². The number of hydrogen-bond acceptors (Lipinski definition) is 1. The lowest BCUT2D eigenvalue weighted by Gasteiger charge is -2.22. The second kappa shape index (κ2) is 6.20. The molecule has 0 amide bonds. The van der Waals surface area contributed by atoms with Crippen molar-refractivity contribution in [2.75, 3.05) is 6.54 Å². The van der Waals surface area contributed by atoms with E-state index in [2.05, 4.69) is 37.4 Å². The second-order valence-corrected chi connectivity index (χ2v) is 5.51. The maximum atomic E-state index is 3.65. The van der Waals surface area contributed by atoms with Gasteiger partial charge in [0.05, 0.1) is 0 Å². The molecule has 1 N–H and O–H groups in total. The van der Waals surface area contributed by atoms with Crippen LogP contribution in [0.1, 0.15) is 48.8 Å². The third kappa shape index (κ3) is 3.57. The third-order valence-electron chi connectivity index (χ3n) is 4.10. The Morgan fingerprint density at radius 3 is 2.35 bits per heavy atom. The lowest BCUT2D eigenvalue weighted by Crippen LogP contribution is -2.24. The molecule has 1 aromatic rings. The number of nitrogens with one attached hydrogen (secondary N) is 1. The molecule has 1 aliphatic rings. The van der Waals surface area contributed by atoms with Crippen molar-refractivity contribution in [2.45, 2.75) is 52.5 Å². The number of benzene rings is 1. The van der Waals surface area contributed by atoms with E-state index < -0.39 is 0 Å². The SMILES string of the molecule is Cc1cccc(C)c1CNCC1CCCCC1. The average molecular weight is 231 g/mol. The molecule has 0 aromatic heterocycles. The molecule has 0 radical (unpaired) electrons. The standard InChI is InChI=1S/C16H25N/c1-13-7-6-8-14(2)16(13)12-17-11-15-9-4-3-5-10-15/h6-8,15,17H,3-5,9-12H2,1-2H3. The summed E-state index contributed by atoms with van der Waals surface area (Å²) in [5.74, 6) is 0.924. The summed E-state index contributed by atoms with van der Waals surface area (Å²) in [7, 11) is 0. The first-order valence-electron chi connectivity index (χ1n) is 7.03. The number of aryl methyl sites for hydroxylation is 2. The Balaban J connectivity index is 1.81. The molecule has 0 atom stereocenters. The molecule has 0 bridgehead atoms. The molecule has 1 nitrogen and oxygen atoms in total. The summed E-state index contributed by atoms with van der Waals surface area (Å²) in [4.78, 5) is 0. The van der Waals surface area contributed by atoms with Gasteiger partial charge in [0.1, 0.15) is 0 Å². The maximum absolute atomic E-state index is 3.65. The van der Waals surface area contributed by atoms with Crippen molar-refractivity contribution in [2.24, 2.45) is 5.92 Å². The van der Waals surface area contributed by atoms with Crippen LogP contribution in [0.4, 0.5) is 0 Å². The Kier molecular flexibility index (Phi) is 4.61. The molecule has 94 valence electrons.